The lowest BCUT2D eigenvalue weighted by Crippen LogP contribution is -2.28. The van der Waals surface area contributed by atoms with Gasteiger partial charge in [-0.05, 0) is 12.1 Å². The van der Waals surface area contributed by atoms with Gasteiger partial charge in [-0.2, -0.15) is 0 Å². The Balaban J connectivity index is 1.57. The Morgan fingerprint density at radius 1 is 1.26 bits per heavy atom. The van der Waals surface area contributed by atoms with Gasteiger partial charge in [0, 0.05) is 18.0 Å². The largest absolute Gasteiger partial charge is 0.467 e. The van der Waals surface area contributed by atoms with Crippen LogP contribution in [0.25, 0.3) is 0 Å². The first-order chi connectivity index (χ1) is 11.1. The Morgan fingerprint density at radius 3 is 2.83 bits per heavy atom. The Labute approximate surface area is 135 Å². The van der Waals surface area contributed by atoms with Crippen molar-refractivity contribution in [3.8, 4) is 0 Å². The van der Waals surface area contributed by atoms with Crippen molar-refractivity contribution in [3.63, 3.8) is 0 Å². The molecule has 0 bridgehead atoms. The van der Waals surface area contributed by atoms with Gasteiger partial charge in [0.05, 0.1) is 19.2 Å². The number of carbonyl (C=O) groups is 3. The third-order valence-electron chi connectivity index (χ3n) is 2.64. The average Bonchev–Trinajstić information content (AvgIpc) is 3.22. The number of hydrogen-bond donors (Lipinski definition) is 2. The average molecular weight is 337 g/mol. The predicted octanol–water partition coefficient (Wildman–Crippen LogP) is 1.31. The second kappa shape index (κ2) is 8.69. The van der Waals surface area contributed by atoms with Crippen LogP contribution >= 0.6 is 11.3 Å². The SMILES string of the molecule is O=C(COC(=O)CCC(=O)Nc1nccs1)NCc1ccco1. The van der Waals surface area contributed by atoms with E-state index in [4.69, 9.17) is 9.15 Å². The summed E-state index contributed by atoms with van der Waals surface area (Å²) in [5.74, 6) is -0.794. The highest BCUT2D eigenvalue weighted by atomic mass is 32.1. The first kappa shape index (κ1) is 16.7. The molecule has 2 rings (SSSR count). The molecule has 2 N–H and O–H groups in total. The van der Waals surface area contributed by atoms with Crippen molar-refractivity contribution in [1.82, 2.24) is 10.3 Å². The van der Waals surface area contributed by atoms with Crippen LogP contribution in [-0.2, 0) is 25.7 Å². The summed E-state index contributed by atoms with van der Waals surface area (Å²) in [6.45, 7) is -0.173. The van der Waals surface area contributed by atoms with Crippen LogP contribution in [0.2, 0.25) is 0 Å². The van der Waals surface area contributed by atoms with Crippen LogP contribution in [0.15, 0.2) is 34.4 Å². The molecule has 9 heteroatoms. The maximum atomic E-state index is 11.5. The second-order valence-corrected chi connectivity index (χ2v) is 5.30. The zero-order valence-corrected chi connectivity index (χ0v) is 12.9. The van der Waals surface area contributed by atoms with Crippen molar-refractivity contribution in [3.05, 3.63) is 35.7 Å². The van der Waals surface area contributed by atoms with Crippen LogP contribution in [0.3, 0.4) is 0 Å². The summed E-state index contributed by atoms with van der Waals surface area (Å²) in [4.78, 5) is 38.4. The minimum absolute atomic E-state index is 0.0353. The van der Waals surface area contributed by atoms with E-state index in [0.29, 0.717) is 10.9 Å². The quantitative estimate of drug-likeness (QED) is 0.703. The smallest absolute Gasteiger partial charge is 0.306 e. The standard InChI is InChI=1S/C14H15N3O5S/c18-11(17-14-15-5-7-23-14)3-4-13(20)22-9-12(19)16-8-10-2-1-6-21-10/h1-2,5-7H,3-4,8-9H2,(H,16,19)(H,15,17,18). The number of hydrogen-bond acceptors (Lipinski definition) is 7. The second-order valence-electron chi connectivity index (χ2n) is 4.40. The summed E-state index contributed by atoms with van der Waals surface area (Å²) in [6, 6.07) is 3.42. The van der Waals surface area contributed by atoms with Gasteiger partial charge in [0.15, 0.2) is 11.7 Å². The molecule has 0 saturated heterocycles. The number of nitrogens with one attached hydrogen (secondary N) is 2. The van der Waals surface area contributed by atoms with E-state index in [2.05, 4.69) is 15.6 Å². The lowest BCUT2D eigenvalue weighted by Gasteiger charge is -2.05. The van der Waals surface area contributed by atoms with E-state index in [1.807, 2.05) is 0 Å². The zero-order valence-electron chi connectivity index (χ0n) is 12.1. The minimum Gasteiger partial charge on any atom is -0.467 e. The highest BCUT2D eigenvalue weighted by Crippen LogP contribution is 2.10. The lowest BCUT2D eigenvalue weighted by molar-refractivity contribution is -0.149. The van der Waals surface area contributed by atoms with Crippen LogP contribution in [-0.4, -0.2) is 29.4 Å². The van der Waals surface area contributed by atoms with E-state index in [1.165, 1.54) is 17.6 Å². The van der Waals surface area contributed by atoms with Crippen molar-refractivity contribution < 1.29 is 23.5 Å². The van der Waals surface area contributed by atoms with Crippen molar-refractivity contribution in [2.45, 2.75) is 19.4 Å². The summed E-state index contributed by atoms with van der Waals surface area (Å²) >= 11 is 1.28. The molecule has 0 radical (unpaired) electrons. The fourth-order valence-corrected chi connectivity index (χ4v) is 2.10. The number of thiazole rings is 1. The molecule has 2 aromatic heterocycles. The van der Waals surface area contributed by atoms with Gasteiger partial charge in [-0.15, -0.1) is 11.3 Å². The summed E-state index contributed by atoms with van der Waals surface area (Å²) < 4.78 is 9.83. The summed E-state index contributed by atoms with van der Waals surface area (Å²) in [5, 5.41) is 7.29. The van der Waals surface area contributed by atoms with Crippen molar-refractivity contribution in [2.75, 3.05) is 11.9 Å². The molecular weight excluding hydrogens is 322 g/mol. The maximum absolute atomic E-state index is 11.5. The molecule has 122 valence electrons. The number of esters is 1. The summed E-state index contributed by atoms with van der Waals surface area (Å²) in [6.07, 6.45) is 2.92. The number of nitrogens with zero attached hydrogens (tertiary/aromatic N) is 1. The molecule has 0 unspecified atom stereocenters. The Bertz CT molecular complexity index is 639. The lowest BCUT2D eigenvalue weighted by atomic mass is 10.3. The van der Waals surface area contributed by atoms with Crippen molar-refractivity contribution >= 4 is 34.3 Å². The van der Waals surface area contributed by atoms with Gasteiger partial charge >= 0.3 is 5.97 Å². The Kier molecular flexibility index (Phi) is 6.30. The van der Waals surface area contributed by atoms with Crippen LogP contribution in [0.5, 0.6) is 0 Å². The van der Waals surface area contributed by atoms with Crippen LogP contribution in [0.4, 0.5) is 5.13 Å². The monoisotopic (exact) mass is 337 g/mol. The maximum Gasteiger partial charge on any atom is 0.306 e. The molecule has 2 heterocycles. The third kappa shape index (κ3) is 6.30. The van der Waals surface area contributed by atoms with Gasteiger partial charge in [-0.25, -0.2) is 4.98 Å². The van der Waals surface area contributed by atoms with E-state index in [1.54, 1.807) is 23.7 Å². The number of anilines is 1. The van der Waals surface area contributed by atoms with E-state index < -0.39 is 18.5 Å². The predicted molar refractivity (Wildman–Crippen MR) is 81.5 cm³/mol. The molecule has 0 aliphatic rings. The Hall–Kier alpha value is -2.68. The van der Waals surface area contributed by atoms with Gasteiger partial charge in [0.2, 0.25) is 5.91 Å². The number of aromatic nitrogens is 1. The number of carbonyl (C=O) groups excluding carboxylic acids is 3. The van der Waals surface area contributed by atoms with Crippen molar-refractivity contribution in [1.29, 1.82) is 0 Å². The molecular formula is C14H15N3O5S. The molecule has 2 aromatic rings. The zero-order chi connectivity index (χ0) is 16.5. The molecule has 0 aromatic carbocycles. The molecule has 0 spiro atoms. The fraction of sp³-hybridized carbons (Fsp3) is 0.286. The molecule has 0 saturated carbocycles. The van der Waals surface area contributed by atoms with Crippen LogP contribution < -0.4 is 10.6 Å². The summed E-state index contributed by atoms with van der Waals surface area (Å²) in [7, 11) is 0. The molecule has 0 fully saturated rings. The van der Waals surface area contributed by atoms with Gasteiger partial charge in [0.25, 0.3) is 5.91 Å². The van der Waals surface area contributed by atoms with Gasteiger partial charge in [0.1, 0.15) is 5.76 Å². The number of ether oxygens (including phenoxy) is 1. The molecule has 8 nitrogen and oxygen atoms in total. The normalized spacial score (nSPS) is 10.1. The van der Waals surface area contributed by atoms with Gasteiger partial charge in [-0.3, -0.25) is 14.4 Å². The molecule has 0 atom stereocenters. The van der Waals surface area contributed by atoms with Crippen LogP contribution in [0, 0.1) is 0 Å². The van der Waals surface area contributed by atoms with Crippen LogP contribution in [0.1, 0.15) is 18.6 Å². The number of furan rings is 1. The molecule has 0 aliphatic heterocycles. The summed E-state index contributed by atoms with van der Waals surface area (Å²) in [5.41, 5.74) is 0. The number of amides is 2. The molecule has 0 aliphatic carbocycles. The number of rotatable bonds is 8. The Morgan fingerprint density at radius 2 is 2.13 bits per heavy atom. The van der Waals surface area contributed by atoms with E-state index in [0.717, 1.165) is 0 Å². The third-order valence-corrected chi connectivity index (χ3v) is 3.33. The first-order valence-corrected chi connectivity index (χ1v) is 7.65. The topological polar surface area (TPSA) is 111 Å². The highest BCUT2D eigenvalue weighted by molar-refractivity contribution is 7.13. The van der Waals surface area contributed by atoms with Gasteiger partial charge < -0.3 is 19.8 Å². The van der Waals surface area contributed by atoms with E-state index in [9.17, 15) is 14.4 Å². The van der Waals surface area contributed by atoms with Gasteiger partial charge in [-0.1, -0.05) is 0 Å². The first-order valence-electron chi connectivity index (χ1n) is 6.77. The minimum atomic E-state index is -0.618. The van der Waals surface area contributed by atoms with E-state index in [-0.39, 0.29) is 25.3 Å². The fourth-order valence-electron chi connectivity index (χ4n) is 1.55. The molecule has 23 heavy (non-hydrogen) atoms. The van der Waals surface area contributed by atoms with Crippen molar-refractivity contribution in [2.24, 2.45) is 0 Å². The molecule has 2 amide bonds. The highest BCUT2D eigenvalue weighted by Gasteiger charge is 2.11. The van der Waals surface area contributed by atoms with E-state index >= 15 is 0 Å².